The van der Waals surface area contributed by atoms with Crippen molar-refractivity contribution >= 4 is 5.91 Å². The van der Waals surface area contributed by atoms with Gasteiger partial charge in [-0.25, -0.2) is 0 Å². The number of hydrogen-bond donors (Lipinski definition) is 1. The topological polar surface area (TPSA) is 64.8 Å². The number of hydrogen-bond acceptors (Lipinski definition) is 4. The van der Waals surface area contributed by atoms with Gasteiger partial charge in [-0.15, -0.1) is 0 Å². The van der Waals surface area contributed by atoms with Crippen molar-refractivity contribution in [1.29, 1.82) is 0 Å². The Morgan fingerprint density at radius 1 is 1.26 bits per heavy atom. The fourth-order valence-corrected chi connectivity index (χ4v) is 2.25. The van der Waals surface area contributed by atoms with Crippen molar-refractivity contribution in [2.75, 3.05) is 26.7 Å². The predicted octanol–water partition coefficient (Wildman–Crippen LogP) is 1.02. The predicted molar refractivity (Wildman–Crippen MR) is 72.3 cm³/mol. The summed E-state index contributed by atoms with van der Waals surface area (Å²) in [4.78, 5) is 12.9. The first-order valence-electron chi connectivity index (χ1n) is 6.49. The Balaban J connectivity index is 1.80. The molecule has 19 heavy (non-hydrogen) atoms. The van der Waals surface area contributed by atoms with Crippen molar-refractivity contribution in [3.8, 4) is 11.5 Å². The lowest BCUT2D eigenvalue weighted by Crippen LogP contribution is -2.42. The van der Waals surface area contributed by atoms with Crippen LogP contribution in [0.5, 0.6) is 11.5 Å². The number of benzene rings is 1. The van der Waals surface area contributed by atoms with Crippen LogP contribution < -0.4 is 15.2 Å². The molecular formula is C14H20N2O3. The number of carbonyl (C=O) groups excluding carboxylic acids is 1. The van der Waals surface area contributed by atoms with Crippen LogP contribution in [0.25, 0.3) is 0 Å². The van der Waals surface area contributed by atoms with Crippen LogP contribution in [0.1, 0.15) is 12.8 Å². The molecule has 1 amide bonds. The summed E-state index contributed by atoms with van der Waals surface area (Å²) in [7, 11) is 1.64. The van der Waals surface area contributed by atoms with E-state index < -0.39 is 0 Å². The number of rotatable bonds is 5. The fourth-order valence-electron chi connectivity index (χ4n) is 2.25. The quantitative estimate of drug-likeness (QED) is 0.862. The van der Waals surface area contributed by atoms with Gasteiger partial charge >= 0.3 is 0 Å². The maximum atomic E-state index is 10.8. The molecule has 5 nitrogen and oxygen atoms in total. The van der Waals surface area contributed by atoms with Gasteiger partial charge in [-0.2, -0.15) is 0 Å². The second-order valence-corrected chi connectivity index (χ2v) is 4.74. The van der Waals surface area contributed by atoms with Crippen LogP contribution in [-0.2, 0) is 4.79 Å². The lowest BCUT2D eigenvalue weighted by atomic mass is 10.1. The van der Waals surface area contributed by atoms with E-state index in [1.165, 1.54) is 0 Å². The minimum absolute atomic E-state index is 0.206. The first kappa shape index (κ1) is 13.7. The Bertz CT molecular complexity index is 411. The smallest absolute Gasteiger partial charge is 0.231 e. The van der Waals surface area contributed by atoms with Gasteiger partial charge in [0.05, 0.1) is 13.7 Å². The van der Waals surface area contributed by atoms with Crippen LogP contribution in [0, 0.1) is 0 Å². The minimum Gasteiger partial charge on any atom is -0.497 e. The van der Waals surface area contributed by atoms with Gasteiger partial charge in [-0.05, 0) is 37.1 Å². The normalized spacial score (nSPS) is 17.1. The molecule has 0 spiro atoms. The fraction of sp³-hybridized carbons (Fsp3) is 0.500. The molecule has 1 aromatic carbocycles. The van der Waals surface area contributed by atoms with Crippen LogP contribution in [0.4, 0.5) is 0 Å². The van der Waals surface area contributed by atoms with Crippen molar-refractivity contribution in [1.82, 2.24) is 4.90 Å². The summed E-state index contributed by atoms with van der Waals surface area (Å²) < 4.78 is 11.0. The molecule has 5 heteroatoms. The molecule has 0 bridgehead atoms. The second-order valence-electron chi connectivity index (χ2n) is 4.74. The van der Waals surface area contributed by atoms with E-state index in [1.54, 1.807) is 7.11 Å². The summed E-state index contributed by atoms with van der Waals surface area (Å²) in [5.41, 5.74) is 5.19. The molecular weight excluding hydrogens is 244 g/mol. The zero-order chi connectivity index (χ0) is 13.7. The van der Waals surface area contributed by atoms with E-state index in [4.69, 9.17) is 15.2 Å². The number of ether oxygens (including phenoxy) is 2. The van der Waals surface area contributed by atoms with Gasteiger partial charge in [0.1, 0.15) is 17.6 Å². The highest BCUT2D eigenvalue weighted by Gasteiger charge is 2.21. The molecule has 0 saturated carbocycles. The third-order valence-corrected chi connectivity index (χ3v) is 3.28. The lowest BCUT2D eigenvalue weighted by Gasteiger charge is -2.31. The van der Waals surface area contributed by atoms with Crippen molar-refractivity contribution in [3.05, 3.63) is 24.3 Å². The Kier molecular flexibility index (Phi) is 4.63. The number of nitrogens with two attached hydrogens (primary N) is 1. The lowest BCUT2D eigenvalue weighted by molar-refractivity contribution is -0.119. The highest BCUT2D eigenvalue weighted by atomic mass is 16.5. The van der Waals surface area contributed by atoms with Crippen LogP contribution in [0.2, 0.25) is 0 Å². The molecule has 1 heterocycles. The van der Waals surface area contributed by atoms with E-state index in [1.807, 2.05) is 24.3 Å². The molecule has 0 aromatic heterocycles. The van der Waals surface area contributed by atoms with Gasteiger partial charge in [0.2, 0.25) is 5.91 Å². The first-order valence-corrected chi connectivity index (χ1v) is 6.49. The summed E-state index contributed by atoms with van der Waals surface area (Å²) in [6.45, 7) is 2.04. The number of piperidine rings is 1. The van der Waals surface area contributed by atoms with E-state index >= 15 is 0 Å². The van der Waals surface area contributed by atoms with Crippen LogP contribution in [0.15, 0.2) is 24.3 Å². The number of primary amides is 1. The van der Waals surface area contributed by atoms with Crippen molar-refractivity contribution < 1.29 is 14.3 Å². The Labute approximate surface area is 113 Å². The molecule has 2 rings (SSSR count). The zero-order valence-electron chi connectivity index (χ0n) is 11.2. The molecule has 1 aliphatic heterocycles. The summed E-state index contributed by atoms with van der Waals surface area (Å²) in [6.07, 6.45) is 2.04. The summed E-state index contributed by atoms with van der Waals surface area (Å²) in [5, 5.41) is 0. The monoisotopic (exact) mass is 264 g/mol. The van der Waals surface area contributed by atoms with Crippen LogP contribution in [-0.4, -0.2) is 43.7 Å². The van der Waals surface area contributed by atoms with Crippen LogP contribution >= 0.6 is 0 Å². The number of carbonyl (C=O) groups is 1. The van der Waals surface area contributed by atoms with E-state index in [2.05, 4.69) is 4.90 Å². The van der Waals surface area contributed by atoms with Gasteiger partial charge in [0, 0.05) is 13.1 Å². The maximum absolute atomic E-state index is 10.8. The molecule has 0 unspecified atom stereocenters. The van der Waals surface area contributed by atoms with Gasteiger partial charge in [0.25, 0.3) is 0 Å². The van der Waals surface area contributed by atoms with Crippen molar-refractivity contribution in [2.24, 2.45) is 5.73 Å². The van der Waals surface area contributed by atoms with Crippen molar-refractivity contribution in [2.45, 2.75) is 18.9 Å². The third-order valence-electron chi connectivity index (χ3n) is 3.28. The summed E-state index contributed by atoms with van der Waals surface area (Å²) in [5.74, 6) is 1.41. The van der Waals surface area contributed by atoms with Gasteiger partial charge in [0.15, 0.2) is 0 Å². The number of methoxy groups -OCH3 is 1. The zero-order valence-corrected chi connectivity index (χ0v) is 11.2. The molecule has 1 aromatic rings. The standard InChI is InChI=1S/C14H20N2O3/c1-18-11-2-4-12(5-3-11)19-13-6-8-16(9-7-13)10-14(15)17/h2-5,13H,6-10H2,1H3,(H2,15,17). The molecule has 1 saturated heterocycles. The first-order chi connectivity index (χ1) is 9.17. The Morgan fingerprint density at radius 3 is 2.37 bits per heavy atom. The average Bonchev–Trinajstić information content (AvgIpc) is 2.41. The highest BCUT2D eigenvalue weighted by Crippen LogP contribution is 2.21. The minimum atomic E-state index is -0.269. The van der Waals surface area contributed by atoms with Crippen LogP contribution in [0.3, 0.4) is 0 Å². The Hall–Kier alpha value is -1.75. The number of nitrogens with zero attached hydrogens (tertiary/aromatic N) is 1. The number of likely N-dealkylation sites (tertiary alicyclic amines) is 1. The Morgan fingerprint density at radius 2 is 1.84 bits per heavy atom. The number of amides is 1. The molecule has 0 aliphatic carbocycles. The summed E-state index contributed by atoms with van der Waals surface area (Å²) >= 11 is 0. The largest absolute Gasteiger partial charge is 0.497 e. The molecule has 1 aliphatic rings. The SMILES string of the molecule is COc1ccc(OC2CCN(CC(N)=O)CC2)cc1. The summed E-state index contributed by atoms with van der Waals surface area (Å²) in [6, 6.07) is 7.60. The third kappa shape index (κ3) is 4.13. The second kappa shape index (κ2) is 6.43. The average molecular weight is 264 g/mol. The molecule has 2 N–H and O–H groups in total. The van der Waals surface area contributed by atoms with E-state index in [-0.39, 0.29) is 12.0 Å². The van der Waals surface area contributed by atoms with Crippen molar-refractivity contribution in [3.63, 3.8) is 0 Å². The van der Waals surface area contributed by atoms with E-state index in [0.717, 1.165) is 37.4 Å². The molecule has 0 radical (unpaired) electrons. The highest BCUT2D eigenvalue weighted by molar-refractivity contribution is 5.75. The maximum Gasteiger partial charge on any atom is 0.231 e. The van der Waals surface area contributed by atoms with Gasteiger partial charge in [-0.3, -0.25) is 9.69 Å². The van der Waals surface area contributed by atoms with E-state index in [0.29, 0.717) is 6.54 Å². The molecule has 1 fully saturated rings. The van der Waals surface area contributed by atoms with E-state index in [9.17, 15) is 4.79 Å². The van der Waals surface area contributed by atoms with Gasteiger partial charge < -0.3 is 15.2 Å². The van der Waals surface area contributed by atoms with Gasteiger partial charge in [-0.1, -0.05) is 0 Å². The molecule has 104 valence electrons. The molecule has 0 atom stereocenters.